The van der Waals surface area contributed by atoms with Gasteiger partial charge in [0, 0.05) is 30.7 Å². The fraction of sp³-hybridized carbons (Fsp3) is 0.375. The quantitative estimate of drug-likeness (QED) is 0.548. The maximum absolute atomic E-state index is 12.6. The summed E-state index contributed by atoms with van der Waals surface area (Å²) in [6.45, 7) is 6.88. The lowest BCUT2D eigenvalue weighted by Gasteiger charge is -2.26. The molecule has 0 spiro atoms. The van der Waals surface area contributed by atoms with E-state index in [1.807, 2.05) is 39.0 Å². The van der Waals surface area contributed by atoms with Gasteiger partial charge in [0.15, 0.2) is 0 Å². The Kier molecular flexibility index (Phi) is 7.10. The summed E-state index contributed by atoms with van der Waals surface area (Å²) in [6.07, 6.45) is 6.16. The highest BCUT2D eigenvalue weighted by Crippen LogP contribution is 2.31. The summed E-state index contributed by atoms with van der Waals surface area (Å²) < 4.78 is 15.3. The monoisotopic (exact) mass is 455 g/mol. The van der Waals surface area contributed by atoms with Gasteiger partial charge in [-0.2, -0.15) is 0 Å². The third-order valence-corrected chi connectivity index (χ3v) is 4.97. The number of nitrogens with one attached hydrogen (secondary N) is 1. The van der Waals surface area contributed by atoms with Crippen LogP contribution >= 0.6 is 0 Å². The second-order valence-corrected chi connectivity index (χ2v) is 8.49. The molecule has 9 nitrogen and oxygen atoms in total. The average molecular weight is 456 g/mol. The first-order valence-corrected chi connectivity index (χ1v) is 10.5. The van der Waals surface area contributed by atoms with Crippen LogP contribution in [0.2, 0.25) is 0 Å². The molecule has 3 rings (SSSR count). The minimum Gasteiger partial charge on any atom is -0.465 e. The zero-order valence-corrected chi connectivity index (χ0v) is 19.5. The molecule has 33 heavy (non-hydrogen) atoms. The molecule has 1 aromatic rings. The molecule has 2 aliphatic heterocycles. The predicted molar refractivity (Wildman–Crippen MR) is 123 cm³/mol. The number of carbonyl (C=O) groups excluding carboxylic acids is 3. The van der Waals surface area contributed by atoms with Crippen molar-refractivity contribution in [1.82, 2.24) is 4.90 Å². The summed E-state index contributed by atoms with van der Waals surface area (Å²) in [4.78, 5) is 40.8. The molecular weight excluding hydrogens is 426 g/mol. The molecule has 0 aromatic heterocycles. The topological polar surface area (TPSA) is 97.4 Å². The van der Waals surface area contributed by atoms with Crippen LogP contribution in [0.25, 0.3) is 0 Å². The molecule has 0 unspecified atom stereocenters. The van der Waals surface area contributed by atoms with Crippen LogP contribution in [0.5, 0.6) is 0 Å². The Morgan fingerprint density at radius 3 is 2.42 bits per heavy atom. The van der Waals surface area contributed by atoms with E-state index in [0.29, 0.717) is 25.3 Å². The van der Waals surface area contributed by atoms with Crippen molar-refractivity contribution in [2.75, 3.05) is 37.5 Å². The number of methoxy groups -OCH3 is 2. The van der Waals surface area contributed by atoms with Gasteiger partial charge in [-0.1, -0.05) is 12.1 Å². The second-order valence-electron chi connectivity index (χ2n) is 8.49. The molecule has 0 saturated carbocycles. The molecule has 0 radical (unpaired) electrons. The maximum Gasteiger partial charge on any atom is 0.410 e. The summed E-state index contributed by atoms with van der Waals surface area (Å²) in [6, 6.07) is 5.55. The Hall–Kier alpha value is -3.75. The summed E-state index contributed by atoms with van der Waals surface area (Å²) in [5.41, 5.74) is 1.88. The van der Waals surface area contributed by atoms with E-state index in [1.54, 1.807) is 28.2 Å². The molecule has 9 heteroatoms. The Morgan fingerprint density at radius 1 is 1.03 bits per heavy atom. The number of allylic oxidation sites excluding steroid dienone is 2. The minimum atomic E-state index is -0.675. The molecule has 2 heterocycles. The normalized spacial score (nSPS) is 15.8. The number of hydrogen-bond donors (Lipinski definition) is 1. The van der Waals surface area contributed by atoms with Crippen LogP contribution in [0, 0.1) is 0 Å². The van der Waals surface area contributed by atoms with Crippen LogP contribution in [0.3, 0.4) is 0 Å². The molecule has 176 valence electrons. The van der Waals surface area contributed by atoms with E-state index >= 15 is 0 Å². The fourth-order valence-corrected chi connectivity index (χ4v) is 3.47. The predicted octanol–water partition coefficient (Wildman–Crippen LogP) is 3.34. The van der Waals surface area contributed by atoms with Gasteiger partial charge >= 0.3 is 18.0 Å². The van der Waals surface area contributed by atoms with Crippen LogP contribution < -0.4 is 10.2 Å². The molecule has 1 amide bonds. The Morgan fingerprint density at radius 2 is 1.76 bits per heavy atom. The van der Waals surface area contributed by atoms with E-state index in [1.165, 1.54) is 20.3 Å². The zero-order valence-electron chi connectivity index (χ0n) is 19.5. The SMILES string of the molecule is COC(=O)C1=C(C(=O)OC)N(c2ccc3c(c2)NCCN(C(=O)OC(C)(C)C)C3)C=CC=C1. The van der Waals surface area contributed by atoms with Gasteiger partial charge in [-0.05, 0) is 50.6 Å². The number of carbonyl (C=O) groups is 3. The van der Waals surface area contributed by atoms with Crippen molar-refractivity contribution >= 4 is 29.4 Å². The van der Waals surface area contributed by atoms with Crippen molar-refractivity contribution in [3.63, 3.8) is 0 Å². The van der Waals surface area contributed by atoms with Gasteiger partial charge in [-0.15, -0.1) is 0 Å². The number of hydrogen-bond acceptors (Lipinski definition) is 8. The number of esters is 2. The lowest BCUT2D eigenvalue weighted by Crippen LogP contribution is -2.37. The first-order chi connectivity index (χ1) is 15.6. The number of ether oxygens (including phenoxy) is 3. The molecule has 0 bridgehead atoms. The van der Waals surface area contributed by atoms with E-state index in [-0.39, 0.29) is 17.4 Å². The van der Waals surface area contributed by atoms with E-state index in [2.05, 4.69) is 5.32 Å². The van der Waals surface area contributed by atoms with Crippen molar-refractivity contribution in [3.8, 4) is 0 Å². The summed E-state index contributed by atoms with van der Waals surface area (Å²) >= 11 is 0. The zero-order chi connectivity index (χ0) is 24.2. The fourth-order valence-electron chi connectivity index (χ4n) is 3.47. The first kappa shape index (κ1) is 23.9. The van der Waals surface area contributed by atoms with Gasteiger partial charge in [-0.25, -0.2) is 14.4 Å². The van der Waals surface area contributed by atoms with Crippen molar-refractivity contribution in [1.29, 1.82) is 0 Å². The number of anilines is 2. The minimum absolute atomic E-state index is 0.0401. The Bertz CT molecular complexity index is 1040. The number of nitrogens with zero attached hydrogens (tertiary/aromatic N) is 2. The highest BCUT2D eigenvalue weighted by atomic mass is 16.6. The number of amides is 1. The highest BCUT2D eigenvalue weighted by Gasteiger charge is 2.29. The van der Waals surface area contributed by atoms with Crippen molar-refractivity contribution in [2.45, 2.75) is 32.9 Å². The smallest absolute Gasteiger partial charge is 0.410 e. The third-order valence-electron chi connectivity index (χ3n) is 4.97. The molecule has 1 aromatic carbocycles. The lowest BCUT2D eigenvalue weighted by molar-refractivity contribution is -0.139. The molecular formula is C24H29N3O6. The van der Waals surface area contributed by atoms with Gasteiger partial charge in [-0.3, -0.25) is 0 Å². The second kappa shape index (κ2) is 9.81. The number of fused-ring (bicyclic) bond motifs is 1. The van der Waals surface area contributed by atoms with Gasteiger partial charge < -0.3 is 29.3 Å². The van der Waals surface area contributed by atoms with Crippen molar-refractivity contribution in [3.05, 3.63) is 59.5 Å². The molecule has 2 aliphatic rings. The average Bonchev–Trinajstić information content (AvgIpc) is 3.12. The van der Waals surface area contributed by atoms with Crippen LogP contribution in [0.15, 0.2) is 53.9 Å². The van der Waals surface area contributed by atoms with Gasteiger partial charge in [0.05, 0.1) is 26.3 Å². The van der Waals surface area contributed by atoms with Crippen LogP contribution in [0.1, 0.15) is 26.3 Å². The van der Waals surface area contributed by atoms with E-state index in [4.69, 9.17) is 14.2 Å². The van der Waals surface area contributed by atoms with Crippen molar-refractivity contribution in [2.24, 2.45) is 0 Å². The number of benzene rings is 1. The van der Waals surface area contributed by atoms with Crippen LogP contribution in [0.4, 0.5) is 16.2 Å². The first-order valence-electron chi connectivity index (χ1n) is 10.5. The molecule has 0 aliphatic carbocycles. The molecule has 0 saturated heterocycles. The van der Waals surface area contributed by atoms with Crippen LogP contribution in [-0.2, 0) is 30.3 Å². The van der Waals surface area contributed by atoms with E-state index in [9.17, 15) is 14.4 Å². The van der Waals surface area contributed by atoms with Crippen molar-refractivity contribution < 1.29 is 28.6 Å². The van der Waals surface area contributed by atoms with E-state index < -0.39 is 17.5 Å². The molecule has 0 atom stereocenters. The highest BCUT2D eigenvalue weighted by molar-refractivity contribution is 6.05. The molecule has 0 fully saturated rings. The summed E-state index contributed by atoms with van der Waals surface area (Å²) in [7, 11) is 2.51. The van der Waals surface area contributed by atoms with Crippen LogP contribution in [-0.4, -0.2) is 55.8 Å². The van der Waals surface area contributed by atoms with E-state index in [0.717, 1.165) is 11.3 Å². The summed E-state index contributed by atoms with van der Waals surface area (Å²) in [5, 5.41) is 3.33. The van der Waals surface area contributed by atoms with Gasteiger partial charge in [0.1, 0.15) is 11.3 Å². The van der Waals surface area contributed by atoms with Gasteiger partial charge in [0.2, 0.25) is 0 Å². The molecule has 1 N–H and O–H groups in total. The standard InChI is InChI=1S/C24H29N3O6/c1-24(2,3)33-23(30)26-13-11-25-19-14-17(10-9-16(19)15-26)27-12-7-6-8-18(21(28)31-4)20(27)22(29)32-5/h6-10,12,14,25H,11,13,15H2,1-5H3. The number of rotatable bonds is 3. The Balaban J connectivity index is 1.97. The Labute approximate surface area is 193 Å². The third kappa shape index (κ3) is 5.54. The summed E-state index contributed by atoms with van der Waals surface area (Å²) in [5.74, 6) is -1.33. The lowest BCUT2D eigenvalue weighted by atomic mass is 10.1. The van der Waals surface area contributed by atoms with Gasteiger partial charge in [0.25, 0.3) is 0 Å². The largest absolute Gasteiger partial charge is 0.465 e. The maximum atomic E-state index is 12.6.